The predicted molar refractivity (Wildman–Crippen MR) is 115 cm³/mol. The van der Waals surface area contributed by atoms with Crippen LogP contribution in [0.2, 0.25) is 5.02 Å². The number of guanidine groups is 1. The zero-order chi connectivity index (χ0) is 20.0. The van der Waals surface area contributed by atoms with Crippen molar-refractivity contribution in [3.05, 3.63) is 65.1 Å². The summed E-state index contributed by atoms with van der Waals surface area (Å²) in [5, 5.41) is 16.0. The molecule has 0 aliphatic rings. The largest absolute Gasteiger partial charge is 0.356 e. The van der Waals surface area contributed by atoms with Gasteiger partial charge in [-0.25, -0.2) is 0 Å². The minimum Gasteiger partial charge on any atom is -0.356 e. The molecule has 3 aromatic rings. The van der Waals surface area contributed by atoms with Crippen molar-refractivity contribution in [1.82, 2.24) is 25.2 Å². The number of aromatic nitrogens is 3. The number of benzene rings is 1. The van der Waals surface area contributed by atoms with Crippen molar-refractivity contribution in [3.63, 3.8) is 0 Å². The van der Waals surface area contributed by atoms with Gasteiger partial charge in [0, 0.05) is 30.2 Å². The molecule has 2 aromatic heterocycles. The summed E-state index contributed by atoms with van der Waals surface area (Å²) in [6, 6.07) is 14.0. The zero-order valence-electron chi connectivity index (χ0n) is 16.6. The van der Waals surface area contributed by atoms with Crippen LogP contribution in [0.1, 0.15) is 38.1 Å². The van der Waals surface area contributed by atoms with E-state index in [2.05, 4.69) is 51.8 Å². The molecule has 0 amide bonds. The lowest BCUT2D eigenvalue weighted by atomic mass is 9.76. The second kappa shape index (κ2) is 9.06. The van der Waals surface area contributed by atoms with E-state index in [1.807, 2.05) is 40.9 Å². The Kier molecular flexibility index (Phi) is 6.52. The molecular formula is C21H27ClN6. The molecule has 0 spiro atoms. The Morgan fingerprint density at radius 3 is 2.50 bits per heavy atom. The number of rotatable bonds is 7. The lowest BCUT2D eigenvalue weighted by Gasteiger charge is -2.33. The van der Waals surface area contributed by atoms with Crippen LogP contribution in [0.15, 0.2) is 53.7 Å². The normalized spacial score (nSPS) is 12.4. The third-order valence-electron chi connectivity index (χ3n) is 5.43. The van der Waals surface area contributed by atoms with Gasteiger partial charge in [-0.3, -0.25) is 9.39 Å². The number of fused-ring (bicyclic) bond motifs is 1. The zero-order valence-corrected chi connectivity index (χ0v) is 17.4. The van der Waals surface area contributed by atoms with Crippen LogP contribution < -0.4 is 10.6 Å². The highest BCUT2D eigenvalue weighted by Crippen LogP contribution is 2.31. The van der Waals surface area contributed by atoms with Gasteiger partial charge in [0.2, 0.25) is 0 Å². The summed E-state index contributed by atoms with van der Waals surface area (Å²) >= 11 is 6.07. The van der Waals surface area contributed by atoms with Crippen molar-refractivity contribution in [1.29, 1.82) is 0 Å². The molecule has 0 unspecified atom stereocenters. The molecule has 148 valence electrons. The van der Waals surface area contributed by atoms with Gasteiger partial charge < -0.3 is 10.6 Å². The molecule has 0 aliphatic heterocycles. The minimum absolute atomic E-state index is 0.0176. The van der Waals surface area contributed by atoms with E-state index in [4.69, 9.17) is 11.6 Å². The molecule has 6 nitrogen and oxygen atoms in total. The number of hydrogen-bond donors (Lipinski definition) is 2. The highest BCUT2D eigenvalue weighted by Gasteiger charge is 2.28. The van der Waals surface area contributed by atoms with Gasteiger partial charge in [-0.1, -0.05) is 43.6 Å². The molecule has 7 heteroatoms. The monoisotopic (exact) mass is 398 g/mol. The van der Waals surface area contributed by atoms with E-state index in [-0.39, 0.29) is 5.41 Å². The number of pyridine rings is 1. The van der Waals surface area contributed by atoms with E-state index < -0.39 is 0 Å². The molecule has 28 heavy (non-hydrogen) atoms. The number of hydrogen-bond acceptors (Lipinski definition) is 3. The molecule has 0 saturated carbocycles. The first-order valence-electron chi connectivity index (χ1n) is 9.61. The third-order valence-corrected chi connectivity index (χ3v) is 5.68. The van der Waals surface area contributed by atoms with Crippen molar-refractivity contribution < 1.29 is 0 Å². The molecule has 0 fully saturated rings. The van der Waals surface area contributed by atoms with Gasteiger partial charge in [0.1, 0.15) is 0 Å². The minimum atomic E-state index is 0.0176. The molecule has 0 saturated heterocycles. The highest BCUT2D eigenvalue weighted by atomic mass is 35.5. The van der Waals surface area contributed by atoms with E-state index >= 15 is 0 Å². The van der Waals surface area contributed by atoms with Crippen LogP contribution in [0, 0.1) is 0 Å². The maximum Gasteiger partial charge on any atom is 0.191 e. The average molecular weight is 399 g/mol. The maximum absolute atomic E-state index is 6.07. The smallest absolute Gasteiger partial charge is 0.191 e. The Bertz CT molecular complexity index is 927. The molecule has 3 rings (SSSR count). The fourth-order valence-electron chi connectivity index (χ4n) is 3.46. The highest BCUT2D eigenvalue weighted by molar-refractivity contribution is 6.30. The molecule has 2 N–H and O–H groups in total. The maximum atomic E-state index is 6.07. The first kappa shape index (κ1) is 20.1. The molecule has 0 atom stereocenters. The van der Waals surface area contributed by atoms with Crippen LogP contribution in [0.5, 0.6) is 0 Å². The Morgan fingerprint density at radius 1 is 1.07 bits per heavy atom. The molecule has 0 radical (unpaired) electrons. The van der Waals surface area contributed by atoms with Crippen LogP contribution in [0.25, 0.3) is 5.65 Å². The summed E-state index contributed by atoms with van der Waals surface area (Å²) in [6.07, 6.45) is 4.00. The van der Waals surface area contributed by atoms with Gasteiger partial charge in [0.15, 0.2) is 17.4 Å². The van der Waals surface area contributed by atoms with E-state index in [9.17, 15) is 0 Å². The third kappa shape index (κ3) is 4.28. The average Bonchev–Trinajstić information content (AvgIpc) is 3.15. The Morgan fingerprint density at radius 2 is 1.82 bits per heavy atom. The summed E-state index contributed by atoms with van der Waals surface area (Å²) in [4.78, 5) is 4.36. The number of halogens is 1. The van der Waals surface area contributed by atoms with Crippen molar-refractivity contribution in [3.8, 4) is 0 Å². The lowest BCUT2D eigenvalue weighted by Crippen LogP contribution is -2.45. The van der Waals surface area contributed by atoms with E-state index in [1.54, 1.807) is 7.05 Å². The first-order chi connectivity index (χ1) is 13.6. The van der Waals surface area contributed by atoms with Crippen LogP contribution in [0.3, 0.4) is 0 Å². The van der Waals surface area contributed by atoms with Crippen molar-refractivity contribution in [2.24, 2.45) is 4.99 Å². The van der Waals surface area contributed by atoms with Gasteiger partial charge in [-0.05, 0) is 42.7 Å². The molecular weight excluding hydrogens is 372 g/mol. The number of aliphatic imine (C=N–C) groups is 1. The fraction of sp³-hybridized carbons (Fsp3) is 0.381. The Labute approximate surface area is 171 Å². The predicted octanol–water partition coefficient (Wildman–Crippen LogP) is 3.81. The lowest BCUT2D eigenvalue weighted by molar-refractivity contribution is 0.389. The Balaban J connectivity index is 1.67. The summed E-state index contributed by atoms with van der Waals surface area (Å²) in [6.45, 7) is 5.76. The van der Waals surface area contributed by atoms with Gasteiger partial charge in [-0.15, -0.1) is 10.2 Å². The van der Waals surface area contributed by atoms with E-state index in [1.165, 1.54) is 5.56 Å². The van der Waals surface area contributed by atoms with Crippen molar-refractivity contribution in [2.75, 3.05) is 13.6 Å². The number of nitrogens with one attached hydrogen (secondary N) is 2. The van der Waals surface area contributed by atoms with Crippen molar-refractivity contribution in [2.45, 2.75) is 38.6 Å². The van der Waals surface area contributed by atoms with Crippen LogP contribution in [0.4, 0.5) is 0 Å². The topological polar surface area (TPSA) is 66.6 Å². The summed E-state index contributed by atoms with van der Waals surface area (Å²) < 4.78 is 1.97. The standard InChI is InChI=1S/C21H27ClN6/c1-4-21(5-2,16-9-11-17(22)12-10-16)15-25-20(23-3)24-14-19-27-26-18-8-6-7-13-28(18)19/h6-13H,4-5,14-15H2,1-3H3,(H2,23,24,25). The van der Waals surface area contributed by atoms with Crippen LogP contribution >= 0.6 is 11.6 Å². The molecule has 0 aliphatic carbocycles. The molecule has 2 heterocycles. The first-order valence-corrected chi connectivity index (χ1v) is 9.99. The Hall–Kier alpha value is -2.60. The quantitative estimate of drug-likeness (QED) is 0.469. The summed E-state index contributed by atoms with van der Waals surface area (Å²) in [7, 11) is 1.78. The number of nitrogens with zero attached hydrogens (tertiary/aromatic N) is 4. The van der Waals surface area contributed by atoms with Crippen molar-refractivity contribution >= 4 is 23.2 Å². The van der Waals surface area contributed by atoms with Gasteiger partial charge in [0.25, 0.3) is 0 Å². The molecule has 1 aromatic carbocycles. The molecule has 0 bridgehead atoms. The van der Waals surface area contributed by atoms with Gasteiger partial charge in [0.05, 0.1) is 6.54 Å². The second-order valence-corrected chi connectivity index (χ2v) is 7.26. The van der Waals surface area contributed by atoms with Crippen LogP contribution in [-0.4, -0.2) is 34.2 Å². The SMILES string of the molecule is CCC(CC)(CNC(=NC)NCc1nnc2ccccn12)c1ccc(Cl)cc1. The van der Waals surface area contributed by atoms with E-state index in [0.717, 1.165) is 41.8 Å². The van der Waals surface area contributed by atoms with E-state index in [0.29, 0.717) is 6.54 Å². The summed E-state index contributed by atoms with van der Waals surface area (Å²) in [5.41, 5.74) is 2.14. The fourth-order valence-corrected chi connectivity index (χ4v) is 3.59. The van der Waals surface area contributed by atoms with Gasteiger partial charge in [-0.2, -0.15) is 0 Å². The van der Waals surface area contributed by atoms with Crippen LogP contribution in [-0.2, 0) is 12.0 Å². The van der Waals surface area contributed by atoms with Gasteiger partial charge >= 0.3 is 0 Å². The summed E-state index contributed by atoms with van der Waals surface area (Å²) in [5.74, 6) is 1.58. The second-order valence-electron chi connectivity index (χ2n) is 6.82.